The molecule has 1 rings (SSSR count). The van der Waals surface area contributed by atoms with Crippen LogP contribution in [-0.4, -0.2) is 10.8 Å². The zero-order valence-electron chi connectivity index (χ0n) is 9.04. The van der Waals surface area contributed by atoms with Gasteiger partial charge in [-0.15, -0.1) is 0 Å². The van der Waals surface area contributed by atoms with Gasteiger partial charge >= 0.3 is 0 Å². The Morgan fingerprint density at radius 3 is 2.71 bits per heavy atom. The van der Waals surface area contributed by atoms with Gasteiger partial charge in [0.15, 0.2) is 0 Å². The predicted octanol–water partition coefficient (Wildman–Crippen LogP) is 2.49. The molecule has 0 radical (unpaired) electrons. The van der Waals surface area contributed by atoms with Crippen LogP contribution in [0.3, 0.4) is 0 Å². The lowest BCUT2D eigenvalue weighted by Gasteiger charge is -2.02. The highest BCUT2D eigenvalue weighted by molar-refractivity contribution is 5.83. The third-order valence-electron chi connectivity index (χ3n) is 1.97. The summed E-state index contributed by atoms with van der Waals surface area (Å²) in [7, 11) is 0. The second-order valence-corrected chi connectivity index (χ2v) is 3.41. The lowest BCUT2D eigenvalue weighted by Crippen LogP contribution is -2.10. The molecule has 0 amide bonds. The van der Waals surface area contributed by atoms with Crippen LogP contribution in [0.2, 0.25) is 0 Å². The Hall–Kier alpha value is -1.38. The van der Waals surface area contributed by atoms with E-state index in [0.29, 0.717) is 5.84 Å². The number of aromatic nitrogens is 1. The minimum atomic E-state index is 0.682. The van der Waals surface area contributed by atoms with Gasteiger partial charge in [0.1, 0.15) is 0 Å². The van der Waals surface area contributed by atoms with Gasteiger partial charge in [-0.3, -0.25) is 4.98 Å². The minimum absolute atomic E-state index is 0.682. The molecule has 0 aliphatic rings. The van der Waals surface area contributed by atoms with E-state index in [0.717, 1.165) is 29.9 Å². The smallest absolute Gasteiger partial charge is 0.0997 e. The Balaban J connectivity index is 2.91. The fourth-order valence-corrected chi connectivity index (χ4v) is 1.26. The maximum atomic E-state index is 5.75. The topological polar surface area (TPSA) is 51.3 Å². The van der Waals surface area contributed by atoms with E-state index >= 15 is 0 Å². The molecular weight excluding hydrogens is 174 g/mol. The number of pyridine rings is 1. The molecule has 0 aromatic carbocycles. The highest BCUT2D eigenvalue weighted by Crippen LogP contribution is 2.16. The van der Waals surface area contributed by atoms with Crippen molar-refractivity contribution in [2.24, 2.45) is 10.7 Å². The second-order valence-electron chi connectivity index (χ2n) is 3.41. The summed E-state index contributed by atoms with van der Waals surface area (Å²) in [4.78, 5) is 8.65. The SMILES string of the molecule is CCCC(N)=Nc1ccc(C)nc1C. The summed E-state index contributed by atoms with van der Waals surface area (Å²) in [5.41, 5.74) is 8.57. The van der Waals surface area contributed by atoms with Crippen molar-refractivity contribution in [1.29, 1.82) is 0 Å². The van der Waals surface area contributed by atoms with Crippen LogP contribution < -0.4 is 5.73 Å². The molecule has 14 heavy (non-hydrogen) atoms. The monoisotopic (exact) mass is 191 g/mol. The molecule has 0 unspecified atom stereocenters. The largest absolute Gasteiger partial charge is 0.387 e. The molecule has 1 aromatic heterocycles. The predicted molar refractivity (Wildman–Crippen MR) is 59.9 cm³/mol. The quantitative estimate of drug-likeness (QED) is 0.589. The zero-order valence-corrected chi connectivity index (χ0v) is 9.04. The van der Waals surface area contributed by atoms with Crippen LogP contribution >= 0.6 is 0 Å². The first-order valence-electron chi connectivity index (χ1n) is 4.90. The number of hydrogen-bond donors (Lipinski definition) is 1. The molecule has 3 heteroatoms. The summed E-state index contributed by atoms with van der Waals surface area (Å²) in [6.07, 6.45) is 1.86. The summed E-state index contributed by atoms with van der Waals surface area (Å²) in [5.74, 6) is 0.682. The van der Waals surface area contributed by atoms with Crippen LogP contribution in [-0.2, 0) is 0 Å². The molecule has 0 saturated carbocycles. The van der Waals surface area contributed by atoms with Gasteiger partial charge in [0.25, 0.3) is 0 Å². The van der Waals surface area contributed by atoms with Crippen LogP contribution in [0.1, 0.15) is 31.2 Å². The van der Waals surface area contributed by atoms with E-state index in [2.05, 4.69) is 16.9 Å². The van der Waals surface area contributed by atoms with E-state index in [1.807, 2.05) is 26.0 Å². The van der Waals surface area contributed by atoms with Crippen molar-refractivity contribution in [3.05, 3.63) is 23.5 Å². The fourth-order valence-electron chi connectivity index (χ4n) is 1.26. The van der Waals surface area contributed by atoms with Crippen LogP contribution in [0.25, 0.3) is 0 Å². The molecule has 1 heterocycles. The second kappa shape index (κ2) is 4.74. The van der Waals surface area contributed by atoms with Gasteiger partial charge in [-0.1, -0.05) is 6.92 Å². The molecule has 3 nitrogen and oxygen atoms in total. The zero-order chi connectivity index (χ0) is 10.6. The minimum Gasteiger partial charge on any atom is -0.387 e. The van der Waals surface area contributed by atoms with E-state index in [1.165, 1.54) is 0 Å². The van der Waals surface area contributed by atoms with Gasteiger partial charge in [0.05, 0.1) is 17.2 Å². The van der Waals surface area contributed by atoms with E-state index in [-0.39, 0.29) is 0 Å². The van der Waals surface area contributed by atoms with Gasteiger partial charge in [0.2, 0.25) is 0 Å². The van der Waals surface area contributed by atoms with Crippen molar-refractivity contribution in [1.82, 2.24) is 4.98 Å². The Bertz CT molecular complexity index is 342. The van der Waals surface area contributed by atoms with Crippen molar-refractivity contribution < 1.29 is 0 Å². The third kappa shape index (κ3) is 2.83. The highest BCUT2D eigenvalue weighted by atomic mass is 14.9. The van der Waals surface area contributed by atoms with Crippen molar-refractivity contribution >= 4 is 11.5 Å². The molecule has 0 aliphatic heterocycles. The van der Waals surface area contributed by atoms with Crippen molar-refractivity contribution in [3.8, 4) is 0 Å². The molecule has 0 spiro atoms. The summed E-state index contributed by atoms with van der Waals surface area (Å²) in [6, 6.07) is 3.91. The van der Waals surface area contributed by atoms with E-state index in [1.54, 1.807) is 0 Å². The lowest BCUT2D eigenvalue weighted by molar-refractivity contribution is 0.981. The average molecular weight is 191 g/mol. The summed E-state index contributed by atoms with van der Waals surface area (Å²) < 4.78 is 0. The van der Waals surface area contributed by atoms with Crippen molar-refractivity contribution in [3.63, 3.8) is 0 Å². The number of nitrogens with two attached hydrogens (primary N) is 1. The first-order valence-corrected chi connectivity index (χ1v) is 4.90. The van der Waals surface area contributed by atoms with Crippen LogP contribution in [0, 0.1) is 13.8 Å². The summed E-state index contributed by atoms with van der Waals surface area (Å²) in [5, 5.41) is 0. The molecule has 0 atom stereocenters. The molecule has 0 saturated heterocycles. The Morgan fingerprint density at radius 1 is 1.43 bits per heavy atom. The first kappa shape index (κ1) is 10.7. The first-order chi connectivity index (χ1) is 6.63. The van der Waals surface area contributed by atoms with Gasteiger partial charge in [-0.05, 0) is 32.4 Å². The number of rotatable bonds is 3. The average Bonchev–Trinajstić information content (AvgIpc) is 2.10. The lowest BCUT2D eigenvalue weighted by atomic mass is 10.2. The Kier molecular flexibility index (Phi) is 3.63. The van der Waals surface area contributed by atoms with E-state index < -0.39 is 0 Å². The highest BCUT2D eigenvalue weighted by Gasteiger charge is 1.98. The number of aryl methyl sites for hydroxylation is 2. The van der Waals surface area contributed by atoms with Gasteiger partial charge in [0, 0.05) is 12.1 Å². The van der Waals surface area contributed by atoms with Gasteiger partial charge < -0.3 is 5.73 Å². The normalized spacial score (nSPS) is 11.8. The summed E-state index contributed by atoms with van der Waals surface area (Å²) >= 11 is 0. The van der Waals surface area contributed by atoms with Crippen molar-refractivity contribution in [2.45, 2.75) is 33.6 Å². The molecule has 76 valence electrons. The molecule has 1 aromatic rings. The Labute approximate surface area is 85.1 Å². The van der Waals surface area contributed by atoms with E-state index in [9.17, 15) is 0 Å². The van der Waals surface area contributed by atoms with Crippen LogP contribution in [0.5, 0.6) is 0 Å². The van der Waals surface area contributed by atoms with E-state index in [4.69, 9.17) is 5.73 Å². The number of hydrogen-bond acceptors (Lipinski definition) is 2. The number of aliphatic imine (C=N–C) groups is 1. The number of amidine groups is 1. The maximum Gasteiger partial charge on any atom is 0.0997 e. The molecular formula is C11H17N3. The molecule has 0 aliphatic carbocycles. The molecule has 0 fully saturated rings. The third-order valence-corrected chi connectivity index (χ3v) is 1.97. The van der Waals surface area contributed by atoms with Crippen LogP contribution in [0.15, 0.2) is 17.1 Å². The van der Waals surface area contributed by atoms with Crippen LogP contribution in [0.4, 0.5) is 5.69 Å². The summed E-state index contributed by atoms with van der Waals surface area (Å²) in [6.45, 7) is 6.00. The van der Waals surface area contributed by atoms with Gasteiger partial charge in [-0.25, -0.2) is 4.99 Å². The Morgan fingerprint density at radius 2 is 2.14 bits per heavy atom. The molecule has 2 N–H and O–H groups in total. The van der Waals surface area contributed by atoms with Gasteiger partial charge in [-0.2, -0.15) is 0 Å². The number of nitrogens with zero attached hydrogens (tertiary/aromatic N) is 2. The maximum absolute atomic E-state index is 5.75. The standard InChI is InChI=1S/C11H17N3/c1-4-5-11(12)14-10-7-6-8(2)13-9(10)3/h6-7H,4-5H2,1-3H3,(H2,12,14). The molecule has 0 bridgehead atoms. The fraction of sp³-hybridized carbons (Fsp3) is 0.455. The van der Waals surface area contributed by atoms with Crippen molar-refractivity contribution in [2.75, 3.05) is 0 Å².